The number of halogens is 3. The molecule has 1 aliphatic heterocycles. The largest absolute Gasteiger partial charge is 0.452 e. The molecule has 3 aromatic rings. The Hall–Kier alpha value is -4.87. The number of nitrogens with zero attached hydrogens (tertiary/aromatic N) is 5. The highest BCUT2D eigenvalue weighted by Gasteiger charge is 2.41. The Morgan fingerprint density at radius 3 is 2.25 bits per heavy atom. The molecule has 0 spiro atoms. The molecule has 13 nitrogen and oxygen atoms in total. The minimum atomic E-state index is -4.48. The third-order valence-corrected chi connectivity index (χ3v) is 10.5. The van der Waals surface area contributed by atoms with Crippen molar-refractivity contribution in [1.29, 1.82) is 0 Å². The molecular formula is C42H56F3N7O6S. The Morgan fingerprint density at radius 1 is 0.983 bits per heavy atom. The van der Waals surface area contributed by atoms with E-state index >= 15 is 0 Å². The van der Waals surface area contributed by atoms with Gasteiger partial charge in [0.2, 0.25) is 5.91 Å². The fourth-order valence-electron chi connectivity index (χ4n) is 6.76. The molecule has 1 aliphatic rings. The number of hydrogen-bond donors (Lipinski definition) is 3. The number of carbonyl (C=O) groups excluding carboxylic acids is 4. The summed E-state index contributed by atoms with van der Waals surface area (Å²) in [7, 11) is 1.14. The van der Waals surface area contributed by atoms with Gasteiger partial charge in [0.15, 0.2) is 0 Å². The number of aryl methyl sites for hydroxylation is 1. The first kappa shape index (κ1) is 46.8. The number of alkyl halides is 3. The lowest BCUT2D eigenvalue weighted by molar-refractivity contribution is -0.128. The number of urea groups is 2. The van der Waals surface area contributed by atoms with Gasteiger partial charge < -0.3 is 25.0 Å². The number of aliphatic hydroxyl groups excluding tert-OH is 1. The van der Waals surface area contributed by atoms with Crippen molar-refractivity contribution in [2.45, 2.75) is 96.1 Å². The topological polar surface area (TPSA) is 148 Å². The van der Waals surface area contributed by atoms with Crippen LogP contribution in [0.2, 0.25) is 0 Å². The molecule has 2 aromatic carbocycles. The summed E-state index contributed by atoms with van der Waals surface area (Å²) in [6.07, 6.45) is -1.52. The number of aromatic nitrogens is 1. The molecule has 322 valence electrons. The zero-order chi connectivity index (χ0) is 43.5. The Morgan fingerprint density at radius 2 is 1.66 bits per heavy atom. The molecule has 1 saturated heterocycles. The van der Waals surface area contributed by atoms with E-state index in [1.165, 1.54) is 29.3 Å². The quantitative estimate of drug-likeness (QED) is 0.0968. The number of pyridine rings is 1. The Kier molecular flexibility index (Phi) is 16.6. The molecule has 4 rings (SSSR count). The Balaban J connectivity index is 1.62. The summed E-state index contributed by atoms with van der Waals surface area (Å²) < 4.78 is 44.1. The molecule has 0 radical (unpaired) electrons. The number of rotatable bonds is 17. The van der Waals surface area contributed by atoms with Gasteiger partial charge in [-0.15, -0.1) is 0 Å². The highest BCUT2D eigenvalue weighted by molar-refractivity contribution is 8.00. The normalized spacial score (nSPS) is 15.4. The number of hydrogen-bond acceptors (Lipinski definition) is 9. The van der Waals surface area contributed by atoms with Gasteiger partial charge in [-0.25, -0.2) is 24.3 Å². The summed E-state index contributed by atoms with van der Waals surface area (Å²) in [4.78, 5) is 63.4. The monoisotopic (exact) mass is 843 g/mol. The van der Waals surface area contributed by atoms with Gasteiger partial charge in [0.05, 0.1) is 31.5 Å². The minimum Gasteiger partial charge on any atom is -0.452 e. The fraction of sp³-hybridized carbons (Fsp3) is 0.500. The van der Waals surface area contributed by atoms with E-state index in [2.05, 4.69) is 15.7 Å². The van der Waals surface area contributed by atoms with Crippen LogP contribution < -0.4 is 10.7 Å². The van der Waals surface area contributed by atoms with E-state index in [0.717, 1.165) is 29.0 Å². The molecule has 0 saturated carbocycles. The molecule has 6 amide bonds. The van der Waals surface area contributed by atoms with E-state index in [1.54, 1.807) is 9.80 Å². The summed E-state index contributed by atoms with van der Waals surface area (Å²) in [6.45, 7) is 11.8. The summed E-state index contributed by atoms with van der Waals surface area (Å²) >= 11 is -0.261. The van der Waals surface area contributed by atoms with E-state index in [9.17, 15) is 37.5 Å². The number of hydrazine groups is 1. The van der Waals surface area contributed by atoms with Gasteiger partial charge in [0.25, 0.3) is 0 Å². The van der Waals surface area contributed by atoms with Crippen LogP contribution in [0.5, 0.6) is 0 Å². The third kappa shape index (κ3) is 14.4. The predicted octanol–water partition coefficient (Wildman–Crippen LogP) is 6.98. The van der Waals surface area contributed by atoms with E-state index in [4.69, 9.17) is 4.74 Å². The van der Waals surface area contributed by atoms with E-state index in [-0.39, 0.29) is 61.2 Å². The number of ether oxygens (including phenoxy) is 1. The standard InChI is InChI=1S/C42H56F3N7O6S/c1-8-28(2)36(51-22-21-49(39(51)56)25-32-16-12-13-29(3)46-32)37(54)47-34(23-30-14-10-9-11-15-30)35(53)26-50(24-31-17-19-33(20-18-31)59-42(43,44)45)48-38(55)52(40(57)58-7)27-41(4,5)6/h9-20,28,34-36,53H,8,21-27H2,1-7H3,(H,47,54)(H,48,55). The maximum Gasteiger partial charge on any atom is 0.446 e. The van der Waals surface area contributed by atoms with Gasteiger partial charge in [0.1, 0.15) is 6.04 Å². The van der Waals surface area contributed by atoms with Gasteiger partial charge in [-0.2, -0.15) is 13.2 Å². The zero-order valence-electron chi connectivity index (χ0n) is 34.7. The molecule has 2 heterocycles. The van der Waals surface area contributed by atoms with Gasteiger partial charge in [-0.3, -0.25) is 15.2 Å². The zero-order valence-corrected chi connectivity index (χ0v) is 35.5. The molecular weight excluding hydrogens is 788 g/mol. The van der Waals surface area contributed by atoms with Crippen LogP contribution in [0.15, 0.2) is 77.7 Å². The average molecular weight is 844 g/mol. The SMILES string of the molecule is CCC(C)C(C(=O)NC(Cc1ccccc1)C(O)CN(Cc1ccc(SC(F)(F)F)cc1)NC(=O)N(CC(C)(C)C)C(=O)OC)N1CCN(Cc2cccc(C)n2)C1=O. The number of amides is 6. The molecule has 0 aliphatic carbocycles. The number of thioether (sulfide) groups is 1. The molecule has 4 unspecified atom stereocenters. The molecule has 3 N–H and O–H groups in total. The Bertz CT molecular complexity index is 1870. The second-order valence-corrected chi connectivity index (χ2v) is 17.1. The first-order chi connectivity index (χ1) is 27.8. The van der Waals surface area contributed by atoms with Crippen LogP contribution in [0.3, 0.4) is 0 Å². The second kappa shape index (κ2) is 20.9. The lowest BCUT2D eigenvalue weighted by atomic mass is 9.95. The number of nitrogens with one attached hydrogen (secondary N) is 2. The summed E-state index contributed by atoms with van der Waals surface area (Å²) in [5, 5.41) is 16.4. The van der Waals surface area contributed by atoms with Crippen LogP contribution in [0.4, 0.5) is 27.6 Å². The van der Waals surface area contributed by atoms with E-state index in [1.807, 2.05) is 90.1 Å². The second-order valence-electron chi connectivity index (χ2n) is 16.0. The molecule has 4 atom stereocenters. The summed E-state index contributed by atoms with van der Waals surface area (Å²) in [5.74, 6) is -0.717. The molecule has 1 fully saturated rings. The maximum atomic E-state index is 14.4. The first-order valence-corrected chi connectivity index (χ1v) is 20.3. The van der Waals surface area contributed by atoms with Crippen molar-refractivity contribution in [2.24, 2.45) is 11.3 Å². The van der Waals surface area contributed by atoms with E-state index < -0.39 is 47.1 Å². The highest BCUT2D eigenvalue weighted by Crippen LogP contribution is 2.36. The van der Waals surface area contributed by atoms with Crippen molar-refractivity contribution in [3.8, 4) is 0 Å². The number of methoxy groups -OCH3 is 1. The van der Waals surface area contributed by atoms with Crippen LogP contribution in [-0.2, 0) is 29.0 Å². The average Bonchev–Trinajstić information content (AvgIpc) is 3.51. The number of imide groups is 1. The number of carbonyl (C=O) groups is 4. The molecule has 17 heteroatoms. The van der Waals surface area contributed by atoms with Gasteiger partial charge in [-0.1, -0.05) is 89.6 Å². The number of aliphatic hydroxyl groups is 1. The van der Waals surface area contributed by atoms with Crippen LogP contribution in [0.1, 0.15) is 63.6 Å². The first-order valence-electron chi connectivity index (χ1n) is 19.5. The lowest BCUT2D eigenvalue weighted by Crippen LogP contribution is -2.59. The van der Waals surface area contributed by atoms with Crippen molar-refractivity contribution in [1.82, 2.24) is 35.4 Å². The number of benzene rings is 2. The predicted molar refractivity (Wildman–Crippen MR) is 219 cm³/mol. The summed E-state index contributed by atoms with van der Waals surface area (Å²) in [5.41, 5.74) is 0.520. The third-order valence-electron chi connectivity index (χ3n) is 9.77. The lowest BCUT2D eigenvalue weighted by Gasteiger charge is -2.35. The Labute approximate surface area is 348 Å². The van der Waals surface area contributed by atoms with Crippen LogP contribution in [0.25, 0.3) is 0 Å². The minimum absolute atomic E-state index is 0.0247. The molecule has 59 heavy (non-hydrogen) atoms. The maximum absolute atomic E-state index is 14.4. The van der Waals surface area contributed by atoms with Crippen LogP contribution >= 0.6 is 11.8 Å². The fourth-order valence-corrected chi connectivity index (χ4v) is 7.30. The van der Waals surface area contributed by atoms with Gasteiger partial charge in [0, 0.05) is 43.3 Å². The van der Waals surface area contributed by atoms with Crippen LogP contribution in [-0.4, -0.2) is 111 Å². The van der Waals surface area contributed by atoms with Crippen molar-refractivity contribution in [3.05, 3.63) is 95.3 Å². The van der Waals surface area contributed by atoms with Gasteiger partial charge in [-0.05, 0) is 71.8 Å². The van der Waals surface area contributed by atoms with Crippen molar-refractivity contribution >= 4 is 35.8 Å². The van der Waals surface area contributed by atoms with Crippen molar-refractivity contribution < 1.29 is 42.2 Å². The molecule has 0 bridgehead atoms. The smallest absolute Gasteiger partial charge is 0.446 e. The van der Waals surface area contributed by atoms with Gasteiger partial charge >= 0.3 is 23.7 Å². The van der Waals surface area contributed by atoms with Crippen molar-refractivity contribution in [3.63, 3.8) is 0 Å². The van der Waals surface area contributed by atoms with Crippen LogP contribution in [0, 0.1) is 18.3 Å². The summed E-state index contributed by atoms with van der Waals surface area (Å²) in [6, 6.07) is 17.4. The highest BCUT2D eigenvalue weighted by atomic mass is 32.2. The van der Waals surface area contributed by atoms with Crippen molar-refractivity contribution in [2.75, 3.05) is 33.3 Å². The van der Waals surface area contributed by atoms with E-state index in [0.29, 0.717) is 25.1 Å². The molecule has 1 aromatic heterocycles.